The van der Waals surface area contributed by atoms with Crippen LogP contribution in [0.5, 0.6) is 0 Å². The van der Waals surface area contributed by atoms with Gasteiger partial charge in [-0.1, -0.05) is 24.3 Å². The van der Waals surface area contributed by atoms with Crippen molar-refractivity contribution in [3.8, 4) is 0 Å². The van der Waals surface area contributed by atoms with E-state index in [0.717, 1.165) is 34.1 Å². The molecule has 2 aliphatic rings. The normalized spacial score (nSPS) is 22.4. The summed E-state index contributed by atoms with van der Waals surface area (Å²) in [6.45, 7) is 0.900. The van der Waals surface area contributed by atoms with Crippen molar-refractivity contribution in [1.82, 2.24) is 4.90 Å². The summed E-state index contributed by atoms with van der Waals surface area (Å²) in [6, 6.07) is 15.8. The lowest BCUT2D eigenvalue weighted by Gasteiger charge is -2.32. The number of thioether (sulfide) groups is 1. The molecule has 0 aliphatic carbocycles. The number of benzene rings is 2. The van der Waals surface area contributed by atoms with Crippen molar-refractivity contribution in [3.63, 3.8) is 0 Å². The lowest BCUT2D eigenvalue weighted by molar-refractivity contribution is -0.672. The predicted octanol–water partition coefficient (Wildman–Crippen LogP) is 1.16. The molecule has 1 fully saturated rings. The highest BCUT2D eigenvalue weighted by Gasteiger charge is 2.44. The van der Waals surface area contributed by atoms with Crippen LogP contribution in [0.25, 0.3) is 0 Å². The van der Waals surface area contributed by atoms with Gasteiger partial charge in [0, 0.05) is 16.3 Å². The van der Waals surface area contributed by atoms with Crippen molar-refractivity contribution in [2.75, 3.05) is 23.3 Å². The highest BCUT2D eigenvalue weighted by Crippen LogP contribution is 2.30. The van der Waals surface area contributed by atoms with Gasteiger partial charge in [0.15, 0.2) is 0 Å². The number of quaternary nitrogens is 1. The molecule has 23 heavy (non-hydrogen) atoms. The number of nitrogen functional groups attached to an aromatic ring is 1. The molecular weight excluding hydrogens is 308 g/mol. The third-order valence-electron chi connectivity index (χ3n) is 4.37. The smallest absolute Gasteiger partial charge is 0.262 e. The third kappa shape index (κ3) is 2.54. The van der Waals surface area contributed by atoms with Gasteiger partial charge in [-0.25, -0.2) is 0 Å². The van der Waals surface area contributed by atoms with E-state index in [1.165, 1.54) is 0 Å². The molecule has 5 nitrogen and oxygen atoms in total. The van der Waals surface area contributed by atoms with Gasteiger partial charge in [0.1, 0.15) is 6.54 Å². The van der Waals surface area contributed by atoms with Crippen molar-refractivity contribution in [2.45, 2.75) is 17.2 Å². The SMILES string of the molecule is Nc1ccccc1SC[C@@H]1C[NH2+][C@H]2Nc3ccccc3C(=O)N12. The van der Waals surface area contributed by atoms with Gasteiger partial charge < -0.3 is 16.4 Å². The topological polar surface area (TPSA) is 75.0 Å². The van der Waals surface area contributed by atoms with E-state index in [9.17, 15) is 4.79 Å². The van der Waals surface area contributed by atoms with Gasteiger partial charge in [0.05, 0.1) is 17.3 Å². The van der Waals surface area contributed by atoms with Gasteiger partial charge in [-0.3, -0.25) is 9.69 Å². The molecule has 2 atom stereocenters. The van der Waals surface area contributed by atoms with Crippen molar-refractivity contribution in [3.05, 3.63) is 54.1 Å². The lowest BCUT2D eigenvalue weighted by atomic mass is 10.1. The zero-order valence-electron chi connectivity index (χ0n) is 12.6. The van der Waals surface area contributed by atoms with Gasteiger partial charge in [-0.15, -0.1) is 11.8 Å². The predicted molar refractivity (Wildman–Crippen MR) is 92.2 cm³/mol. The second kappa shape index (κ2) is 5.79. The first-order chi connectivity index (χ1) is 11.2. The van der Waals surface area contributed by atoms with Gasteiger partial charge in [0.25, 0.3) is 5.91 Å². The molecule has 0 aromatic heterocycles. The van der Waals surface area contributed by atoms with Crippen molar-refractivity contribution in [2.24, 2.45) is 0 Å². The molecule has 1 saturated heterocycles. The van der Waals surface area contributed by atoms with E-state index < -0.39 is 0 Å². The Morgan fingerprint density at radius 1 is 1.22 bits per heavy atom. The number of rotatable bonds is 3. The Hall–Kier alpha value is -2.18. The second-order valence-electron chi connectivity index (χ2n) is 5.82. The fourth-order valence-electron chi connectivity index (χ4n) is 3.20. The minimum atomic E-state index is -0.00359. The lowest BCUT2D eigenvalue weighted by Crippen LogP contribution is -2.91. The summed E-state index contributed by atoms with van der Waals surface area (Å²) in [6.07, 6.45) is -0.00359. The van der Waals surface area contributed by atoms with Gasteiger partial charge >= 0.3 is 0 Å². The second-order valence-corrected chi connectivity index (χ2v) is 6.88. The number of carbonyl (C=O) groups is 1. The minimum absolute atomic E-state index is 0.00359. The van der Waals surface area contributed by atoms with Crippen LogP contribution in [0.4, 0.5) is 11.4 Å². The molecule has 0 spiro atoms. The van der Waals surface area contributed by atoms with Crippen molar-refractivity contribution >= 4 is 29.0 Å². The Bertz CT molecular complexity index is 751. The standard InChI is InChI=1S/C17H18N4OS/c18-13-6-2-4-8-15(13)23-10-11-9-19-17-20-14-7-3-1-5-12(14)16(22)21(11)17/h1-8,11,17,19-20H,9-10,18H2/p+1/t11-,17-/m0/s1. The molecule has 0 radical (unpaired) electrons. The average molecular weight is 327 g/mol. The van der Waals surface area contributed by atoms with E-state index in [1.807, 2.05) is 53.4 Å². The summed E-state index contributed by atoms with van der Waals surface area (Å²) < 4.78 is 0. The molecule has 6 heteroatoms. The maximum Gasteiger partial charge on any atom is 0.262 e. The number of amides is 1. The fourth-order valence-corrected chi connectivity index (χ4v) is 4.28. The number of carbonyl (C=O) groups excluding carboxylic acids is 1. The van der Waals surface area contributed by atoms with Crippen molar-refractivity contribution < 1.29 is 10.1 Å². The molecule has 4 rings (SSSR count). The van der Waals surface area contributed by atoms with Crippen LogP contribution in [0, 0.1) is 0 Å². The number of fused-ring (bicyclic) bond motifs is 2. The first-order valence-electron chi connectivity index (χ1n) is 7.73. The summed E-state index contributed by atoms with van der Waals surface area (Å²) in [5.74, 6) is 0.960. The van der Waals surface area contributed by atoms with E-state index in [4.69, 9.17) is 5.73 Å². The van der Waals surface area contributed by atoms with Gasteiger partial charge in [-0.05, 0) is 24.3 Å². The van der Waals surface area contributed by atoms with Crippen LogP contribution in [-0.2, 0) is 0 Å². The molecule has 0 unspecified atom stereocenters. The van der Waals surface area contributed by atoms with E-state index >= 15 is 0 Å². The molecule has 2 aliphatic heterocycles. The number of nitrogens with zero attached hydrogens (tertiary/aromatic N) is 1. The first kappa shape index (κ1) is 14.4. The molecular formula is C17H19N4OS+. The van der Waals surface area contributed by atoms with Crippen LogP contribution in [0.15, 0.2) is 53.4 Å². The highest BCUT2D eigenvalue weighted by atomic mass is 32.2. The fraction of sp³-hybridized carbons (Fsp3) is 0.235. The van der Waals surface area contributed by atoms with E-state index in [-0.39, 0.29) is 18.2 Å². The number of hydrogen-bond donors (Lipinski definition) is 3. The van der Waals surface area contributed by atoms with E-state index in [0.29, 0.717) is 0 Å². The molecule has 2 heterocycles. The van der Waals surface area contributed by atoms with Crippen molar-refractivity contribution in [1.29, 1.82) is 0 Å². The van der Waals surface area contributed by atoms with Gasteiger partial charge in [0.2, 0.25) is 6.29 Å². The molecule has 2 aromatic rings. The number of nitrogens with two attached hydrogens (primary N) is 2. The largest absolute Gasteiger partial charge is 0.398 e. The van der Waals surface area contributed by atoms with Crippen LogP contribution in [0.1, 0.15) is 10.4 Å². The Morgan fingerprint density at radius 3 is 2.87 bits per heavy atom. The summed E-state index contributed by atoms with van der Waals surface area (Å²) in [7, 11) is 0. The van der Waals surface area contributed by atoms with E-state index in [2.05, 4.69) is 10.6 Å². The van der Waals surface area contributed by atoms with Gasteiger partial charge in [-0.2, -0.15) is 0 Å². The Balaban J connectivity index is 1.52. The van der Waals surface area contributed by atoms with Crippen LogP contribution in [-0.4, -0.2) is 35.4 Å². The van der Waals surface area contributed by atoms with E-state index in [1.54, 1.807) is 11.8 Å². The minimum Gasteiger partial charge on any atom is -0.398 e. The maximum atomic E-state index is 12.8. The number of para-hydroxylation sites is 2. The summed E-state index contributed by atoms with van der Waals surface area (Å²) >= 11 is 1.72. The van der Waals surface area contributed by atoms with Crippen LogP contribution >= 0.6 is 11.8 Å². The zero-order valence-corrected chi connectivity index (χ0v) is 13.4. The highest BCUT2D eigenvalue weighted by molar-refractivity contribution is 7.99. The van der Waals surface area contributed by atoms with Crippen LogP contribution in [0.3, 0.4) is 0 Å². The Morgan fingerprint density at radius 2 is 2.00 bits per heavy atom. The number of anilines is 2. The Kier molecular flexibility index (Phi) is 3.63. The molecule has 1 amide bonds. The Labute approximate surface area is 139 Å². The molecule has 0 saturated carbocycles. The zero-order chi connectivity index (χ0) is 15.8. The third-order valence-corrected chi connectivity index (χ3v) is 5.60. The quantitative estimate of drug-likeness (QED) is 0.584. The molecule has 2 aromatic carbocycles. The monoisotopic (exact) mass is 327 g/mol. The molecule has 5 N–H and O–H groups in total. The first-order valence-corrected chi connectivity index (χ1v) is 8.71. The average Bonchev–Trinajstić information content (AvgIpc) is 2.98. The number of nitrogens with one attached hydrogen (secondary N) is 1. The van der Waals surface area contributed by atoms with Crippen LogP contribution in [0.2, 0.25) is 0 Å². The molecule has 0 bridgehead atoms. The van der Waals surface area contributed by atoms with Crippen LogP contribution < -0.4 is 16.4 Å². The number of hydrogen-bond acceptors (Lipinski definition) is 4. The summed E-state index contributed by atoms with van der Waals surface area (Å²) in [4.78, 5) is 15.9. The molecule has 118 valence electrons. The maximum absolute atomic E-state index is 12.8. The summed E-state index contributed by atoms with van der Waals surface area (Å²) in [5.41, 5.74) is 8.49. The summed E-state index contributed by atoms with van der Waals surface area (Å²) in [5, 5.41) is 5.63.